The minimum absolute atomic E-state index is 0.0642. The summed E-state index contributed by atoms with van der Waals surface area (Å²) in [5.74, 6) is 0.0642. The summed E-state index contributed by atoms with van der Waals surface area (Å²) in [4.78, 5) is 15.9. The molecule has 1 amide bonds. The second-order valence-corrected chi connectivity index (χ2v) is 6.15. The molecule has 0 aromatic carbocycles. The lowest BCUT2D eigenvalue weighted by Gasteiger charge is -2.12. The van der Waals surface area contributed by atoms with Gasteiger partial charge < -0.3 is 11.1 Å². The van der Waals surface area contributed by atoms with E-state index in [1.165, 1.54) is 16.9 Å². The quantitative estimate of drug-likeness (QED) is 0.860. The number of nitrogens with one attached hydrogen (secondary N) is 1. The van der Waals surface area contributed by atoms with E-state index in [0.29, 0.717) is 18.0 Å². The van der Waals surface area contributed by atoms with Gasteiger partial charge in [-0.25, -0.2) is 4.98 Å². The lowest BCUT2D eigenvalue weighted by molar-refractivity contribution is -0.121. The number of hydrogen-bond acceptors (Lipinski definition) is 5. The molecule has 0 saturated carbocycles. The summed E-state index contributed by atoms with van der Waals surface area (Å²) < 4.78 is 0. The zero-order valence-electron chi connectivity index (χ0n) is 10.8. The van der Waals surface area contributed by atoms with Gasteiger partial charge in [0.2, 0.25) is 5.91 Å². The molecule has 0 aliphatic carbocycles. The average Bonchev–Trinajstić information content (AvgIpc) is 2.98. The molecule has 0 unspecified atom stereocenters. The Labute approximate surface area is 120 Å². The molecule has 1 atom stereocenters. The highest BCUT2D eigenvalue weighted by atomic mass is 32.1. The lowest BCUT2D eigenvalue weighted by atomic mass is 10.1. The number of anilines is 1. The van der Waals surface area contributed by atoms with Crippen LogP contribution in [0.5, 0.6) is 0 Å². The van der Waals surface area contributed by atoms with Crippen LogP contribution in [-0.2, 0) is 17.6 Å². The summed E-state index contributed by atoms with van der Waals surface area (Å²) in [6.45, 7) is 2.02. The third kappa shape index (κ3) is 4.65. The van der Waals surface area contributed by atoms with Crippen LogP contribution < -0.4 is 11.1 Å². The predicted octanol–water partition coefficient (Wildman–Crippen LogP) is 2.47. The smallest absolute Gasteiger partial charge is 0.220 e. The number of carbonyl (C=O) groups is 1. The third-order valence-corrected chi connectivity index (χ3v) is 4.16. The van der Waals surface area contributed by atoms with Gasteiger partial charge in [0.15, 0.2) is 5.13 Å². The number of amides is 1. The Morgan fingerprint density at radius 3 is 3.00 bits per heavy atom. The van der Waals surface area contributed by atoms with E-state index in [0.717, 1.165) is 12.1 Å². The summed E-state index contributed by atoms with van der Waals surface area (Å²) in [7, 11) is 0. The van der Waals surface area contributed by atoms with E-state index < -0.39 is 0 Å². The molecule has 0 fully saturated rings. The number of nitrogen functional groups attached to an aromatic ring is 1. The Morgan fingerprint density at radius 2 is 2.37 bits per heavy atom. The van der Waals surface area contributed by atoms with Crippen molar-refractivity contribution in [1.29, 1.82) is 0 Å². The molecule has 3 N–H and O–H groups in total. The first-order valence-corrected chi connectivity index (χ1v) is 7.96. The van der Waals surface area contributed by atoms with Gasteiger partial charge in [0, 0.05) is 17.8 Å². The molecule has 2 rings (SSSR count). The highest BCUT2D eigenvalue weighted by molar-refractivity contribution is 7.13. The van der Waals surface area contributed by atoms with Crippen molar-refractivity contribution in [3.05, 3.63) is 33.5 Å². The zero-order valence-corrected chi connectivity index (χ0v) is 12.4. The first-order chi connectivity index (χ1) is 9.13. The predicted molar refractivity (Wildman–Crippen MR) is 80.5 cm³/mol. The summed E-state index contributed by atoms with van der Waals surface area (Å²) in [5.41, 5.74) is 7.71. The first-order valence-electron chi connectivity index (χ1n) is 6.14. The molecule has 0 radical (unpaired) electrons. The number of thiophene rings is 1. The van der Waals surface area contributed by atoms with Gasteiger partial charge in [-0.1, -0.05) is 0 Å². The van der Waals surface area contributed by atoms with Crippen molar-refractivity contribution in [1.82, 2.24) is 10.3 Å². The Balaban J connectivity index is 1.71. The number of nitrogens with zero attached hydrogens (tertiary/aromatic N) is 1. The Morgan fingerprint density at radius 1 is 1.53 bits per heavy atom. The Hall–Kier alpha value is -1.40. The molecule has 0 bridgehead atoms. The van der Waals surface area contributed by atoms with Gasteiger partial charge in [-0.3, -0.25) is 4.79 Å². The topological polar surface area (TPSA) is 68.0 Å². The molecule has 2 aromatic heterocycles. The van der Waals surface area contributed by atoms with Crippen molar-refractivity contribution >= 4 is 33.7 Å². The molecular formula is C13H17N3OS2. The monoisotopic (exact) mass is 295 g/mol. The molecule has 4 nitrogen and oxygen atoms in total. The van der Waals surface area contributed by atoms with E-state index in [9.17, 15) is 4.79 Å². The fraction of sp³-hybridized carbons (Fsp3) is 0.385. The SMILES string of the molecule is C[C@H](Cc1ccsc1)NC(=O)CCc1csc(N)n1. The van der Waals surface area contributed by atoms with Crippen LogP contribution in [0.15, 0.2) is 22.2 Å². The van der Waals surface area contributed by atoms with E-state index in [4.69, 9.17) is 5.73 Å². The number of thiazole rings is 1. The van der Waals surface area contributed by atoms with Gasteiger partial charge >= 0.3 is 0 Å². The molecular weight excluding hydrogens is 278 g/mol. The van der Waals surface area contributed by atoms with E-state index >= 15 is 0 Å². The van der Waals surface area contributed by atoms with Crippen molar-refractivity contribution in [2.45, 2.75) is 32.2 Å². The highest BCUT2D eigenvalue weighted by Gasteiger charge is 2.09. The number of carbonyl (C=O) groups excluding carboxylic acids is 1. The van der Waals surface area contributed by atoms with Crippen LogP contribution in [0.3, 0.4) is 0 Å². The summed E-state index contributed by atoms with van der Waals surface area (Å²) >= 11 is 3.09. The first kappa shape index (κ1) is 14.0. The molecule has 19 heavy (non-hydrogen) atoms. The molecule has 0 saturated heterocycles. The second kappa shape index (κ2) is 6.68. The highest BCUT2D eigenvalue weighted by Crippen LogP contribution is 2.12. The molecule has 2 aromatic rings. The maximum Gasteiger partial charge on any atom is 0.220 e. The Kier molecular flexibility index (Phi) is 4.93. The van der Waals surface area contributed by atoms with Crippen molar-refractivity contribution in [2.24, 2.45) is 0 Å². The number of hydrogen-bond donors (Lipinski definition) is 2. The molecule has 0 spiro atoms. The summed E-state index contributed by atoms with van der Waals surface area (Å²) in [6.07, 6.45) is 1.97. The number of rotatable bonds is 6. The zero-order chi connectivity index (χ0) is 13.7. The van der Waals surface area contributed by atoms with E-state index in [-0.39, 0.29) is 11.9 Å². The van der Waals surface area contributed by atoms with Gasteiger partial charge in [-0.05, 0) is 42.2 Å². The van der Waals surface area contributed by atoms with Crippen molar-refractivity contribution < 1.29 is 4.79 Å². The van der Waals surface area contributed by atoms with Crippen LogP contribution in [0.4, 0.5) is 5.13 Å². The largest absolute Gasteiger partial charge is 0.375 e. The minimum Gasteiger partial charge on any atom is -0.375 e. The minimum atomic E-state index is 0.0642. The maximum absolute atomic E-state index is 11.8. The van der Waals surface area contributed by atoms with Crippen molar-refractivity contribution in [3.63, 3.8) is 0 Å². The number of aryl methyl sites for hydroxylation is 1. The third-order valence-electron chi connectivity index (χ3n) is 2.71. The van der Waals surface area contributed by atoms with E-state index in [2.05, 4.69) is 27.1 Å². The number of aromatic nitrogens is 1. The lowest BCUT2D eigenvalue weighted by Crippen LogP contribution is -2.34. The van der Waals surface area contributed by atoms with Gasteiger partial charge in [-0.2, -0.15) is 11.3 Å². The molecule has 6 heteroatoms. The molecule has 2 heterocycles. The molecule has 102 valence electrons. The maximum atomic E-state index is 11.8. The van der Waals surface area contributed by atoms with Gasteiger partial charge in [0.05, 0.1) is 5.69 Å². The Bertz CT molecular complexity index is 522. The normalized spacial score (nSPS) is 12.3. The van der Waals surface area contributed by atoms with Crippen LogP contribution in [-0.4, -0.2) is 16.9 Å². The average molecular weight is 295 g/mol. The van der Waals surface area contributed by atoms with Crippen molar-refractivity contribution in [2.75, 3.05) is 5.73 Å². The van der Waals surface area contributed by atoms with E-state index in [1.54, 1.807) is 11.3 Å². The van der Waals surface area contributed by atoms with Crippen LogP contribution in [0, 0.1) is 0 Å². The van der Waals surface area contributed by atoms with Gasteiger partial charge in [0.1, 0.15) is 0 Å². The molecule has 0 aliphatic heterocycles. The van der Waals surface area contributed by atoms with Crippen LogP contribution in [0.2, 0.25) is 0 Å². The molecule has 0 aliphatic rings. The second-order valence-electron chi connectivity index (χ2n) is 4.48. The van der Waals surface area contributed by atoms with Crippen LogP contribution in [0.1, 0.15) is 24.6 Å². The number of nitrogens with two attached hydrogens (primary N) is 1. The standard InChI is InChI=1S/C13H17N3OS2/c1-9(6-10-4-5-18-7-10)15-12(17)3-2-11-8-19-13(14)16-11/h4-5,7-9H,2-3,6H2,1H3,(H2,14,16)(H,15,17)/t9-/m1/s1. The fourth-order valence-corrected chi connectivity index (χ4v) is 3.12. The van der Waals surface area contributed by atoms with Crippen LogP contribution >= 0.6 is 22.7 Å². The van der Waals surface area contributed by atoms with Gasteiger partial charge in [0.25, 0.3) is 0 Å². The van der Waals surface area contributed by atoms with Gasteiger partial charge in [-0.15, -0.1) is 11.3 Å². The fourth-order valence-electron chi connectivity index (χ4n) is 1.84. The van der Waals surface area contributed by atoms with E-state index in [1.807, 2.05) is 12.3 Å². The van der Waals surface area contributed by atoms with Crippen molar-refractivity contribution in [3.8, 4) is 0 Å². The summed E-state index contributed by atoms with van der Waals surface area (Å²) in [5, 5.41) is 9.63. The summed E-state index contributed by atoms with van der Waals surface area (Å²) in [6, 6.07) is 2.24. The van der Waals surface area contributed by atoms with Crippen LogP contribution in [0.25, 0.3) is 0 Å².